The van der Waals surface area contributed by atoms with E-state index in [9.17, 15) is 14.0 Å². The second-order valence-corrected chi connectivity index (χ2v) is 8.91. The standard InChI is InChI=1S/C23H25F3N4O2/c1-13-18(20(31)28-14-9-10-15(24)16(12-14)27-5)17-8-6-7-11-30(17)19(13)23(25,26)21(32)29-22(2,3)4/h9-10,12H,6-8,11H2,1-4H3,(H,28,31)(H,29,32). The maximum absolute atomic E-state index is 15.3. The van der Waals surface area contributed by atoms with Gasteiger partial charge in [-0.05, 0) is 70.7 Å². The summed E-state index contributed by atoms with van der Waals surface area (Å²) in [6.45, 7) is 13.5. The average molecular weight is 446 g/mol. The Bertz CT molecular complexity index is 1120. The average Bonchev–Trinajstić information content (AvgIpc) is 3.00. The number of amides is 2. The third-order valence-corrected chi connectivity index (χ3v) is 5.28. The number of nitrogens with zero attached hydrogens (tertiary/aromatic N) is 2. The molecule has 0 bridgehead atoms. The second kappa shape index (κ2) is 8.34. The fraction of sp³-hybridized carbons (Fsp3) is 0.435. The van der Waals surface area contributed by atoms with Crippen molar-refractivity contribution in [3.05, 3.63) is 57.9 Å². The largest absolute Gasteiger partial charge is 0.364 e. The zero-order valence-corrected chi connectivity index (χ0v) is 18.4. The lowest BCUT2D eigenvalue weighted by Gasteiger charge is -2.27. The minimum Gasteiger partial charge on any atom is -0.346 e. The molecule has 32 heavy (non-hydrogen) atoms. The highest BCUT2D eigenvalue weighted by Gasteiger charge is 2.48. The smallest absolute Gasteiger partial charge is 0.346 e. The second-order valence-electron chi connectivity index (χ2n) is 8.91. The van der Waals surface area contributed by atoms with Crippen molar-refractivity contribution in [2.24, 2.45) is 0 Å². The first-order valence-corrected chi connectivity index (χ1v) is 10.3. The normalized spacial score (nSPS) is 13.8. The van der Waals surface area contributed by atoms with Crippen LogP contribution in [0.4, 0.5) is 24.5 Å². The molecule has 2 N–H and O–H groups in total. The summed E-state index contributed by atoms with van der Waals surface area (Å²) in [5, 5.41) is 4.90. The van der Waals surface area contributed by atoms with Crippen molar-refractivity contribution in [1.82, 2.24) is 9.88 Å². The van der Waals surface area contributed by atoms with Gasteiger partial charge in [0.2, 0.25) is 5.69 Å². The molecule has 3 rings (SSSR count). The molecule has 2 aromatic rings. The third kappa shape index (κ3) is 4.35. The summed E-state index contributed by atoms with van der Waals surface area (Å²) in [4.78, 5) is 28.6. The van der Waals surface area contributed by atoms with Gasteiger partial charge in [-0.2, -0.15) is 8.78 Å². The molecule has 1 aromatic heterocycles. The molecule has 0 aliphatic carbocycles. The number of carbonyl (C=O) groups excluding carboxylic acids is 2. The van der Waals surface area contributed by atoms with Gasteiger partial charge in [0.15, 0.2) is 0 Å². The number of fused-ring (bicyclic) bond motifs is 1. The molecule has 1 aromatic carbocycles. The van der Waals surface area contributed by atoms with Gasteiger partial charge >= 0.3 is 5.92 Å². The van der Waals surface area contributed by atoms with Gasteiger partial charge in [-0.25, -0.2) is 9.24 Å². The predicted molar refractivity (Wildman–Crippen MR) is 115 cm³/mol. The molecule has 6 nitrogen and oxygen atoms in total. The van der Waals surface area contributed by atoms with Crippen LogP contribution in [0.2, 0.25) is 0 Å². The highest BCUT2D eigenvalue weighted by atomic mass is 19.3. The summed E-state index contributed by atoms with van der Waals surface area (Å²) in [6.07, 6.45) is 1.79. The van der Waals surface area contributed by atoms with Gasteiger partial charge < -0.3 is 15.2 Å². The highest BCUT2D eigenvalue weighted by Crippen LogP contribution is 2.39. The molecule has 0 fully saturated rings. The Morgan fingerprint density at radius 1 is 1.19 bits per heavy atom. The molecule has 2 heterocycles. The van der Waals surface area contributed by atoms with Crippen LogP contribution in [0.25, 0.3) is 4.85 Å². The minimum absolute atomic E-state index is 0.0287. The molecule has 0 saturated carbocycles. The van der Waals surface area contributed by atoms with Crippen molar-refractivity contribution in [3.8, 4) is 0 Å². The fourth-order valence-electron chi connectivity index (χ4n) is 3.98. The summed E-state index contributed by atoms with van der Waals surface area (Å²) in [5.41, 5.74) is -0.870. The lowest BCUT2D eigenvalue weighted by Crippen LogP contribution is -2.48. The molecule has 0 atom stereocenters. The van der Waals surface area contributed by atoms with Crippen LogP contribution < -0.4 is 10.6 Å². The van der Waals surface area contributed by atoms with Gasteiger partial charge in [-0.15, -0.1) is 0 Å². The summed E-state index contributed by atoms with van der Waals surface area (Å²) in [7, 11) is 0. The molecule has 1 aliphatic heterocycles. The van der Waals surface area contributed by atoms with E-state index in [0.29, 0.717) is 18.5 Å². The summed E-state index contributed by atoms with van der Waals surface area (Å²) < 4.78 is 45.6. The van der Waals surface area contributed by atoms with E-state index in [-0.39, 0.29) is 29.0 Å². The SMILES string of the molecule is [C-]#[N+]c1cc(NC(=O)c2c(C)c(C(F)(F)C(=O)NC(C)(C)C)n3c2CCCC3)ccc1F. The molecule has 0 radical (unpaired) electrons. The maximum atomic E-state index is 15.3. The number of aromatic nitrogens is 1. The van der Waals surface area contributed by atoms with Crippen LogP contribution in [0.15, 0.2) is 18.2 Å². The van der Waals surface area contributed by atoms with Crippen molar-refractivity contribution in [3.63, 3.8) is 0 Å². The third-order valence-electron chi connectivity index (χ3n) is 5.28. The van der Waals surface area contributed by atoms with Crippen molar-refractivity contribution >= 4 is 23.2 Å². The molecule has 0 unspecified atom stereocenters. The zero-order chi connectivity index (χ0) is 23.8. The molecular formula is C23H25F3N4O2. The zero-order valence-electron chi connectivity index (χ0n) is 18.4. The van der Waals surface area contributed by atoms with E-state index in [4.69, 9.17) is 6.57 Å². The monoisotopic (exact) mass is 446 g/mol. The Labute approximate surface area is 184 Å². The molecule has 1 aliphatic rings. The first kappa shape index (κ1) is 23.4. The maximum Gasteiger partial charge on any atom is 0.364 e. The van der Waals surface area contributed by atoms with Crippen LogP contribution in [0.3, 0.4) is 0 Å². The van der Waals surface area contributed by atoms with Gasteiger partial charge in [0.1, 0.15) is 11.5 Å². The number of anilines is 1. The number of carbonyl (C=O) groups is 2. The lowest BCUT2D eigenvalue weighted by molar-refractivity contribution is -0.149. The van der Waals surface area contributed by atoms with Gasteiger partial charge in [-0.3, -0.25) is 9.59 Å². The molecule has 0 spiro atoms. The van der Waals surface area contributed by atoms with Gasteiger partial charge in [0.05, 0.1) is 12.1 Å². The van der Waals surface area contributed by atoms with Crippen molar-refractivity contribution in [2.75, 3.05) is 5.32 Å². The number of rotatable bonds is 4. The Morgan fingerprint density at radius 3 is 2.50 bits per heavy atom. The van der Waals surface area contributed by atoms with Crippen molar-refractivity contribution < 1.29 is 22.8 Å². The molecule has 170 valence electrons. The molecule has 2 amide bonds. The number of halogens is 3. The number of benzene rings is 1. The number of nitrogens with one attached hydrogen (secondary N) is 2. The lowest BCUT2D eigenvalue weighted by atomic mass is 10.0. The summed E-state index contributed by atoms with van der Waals surface area (Å²) >= 11 is 0. The fourth-order valence-corrected chi connectivity index (χ4v) is 3.98. The number of alkyl halides is 2. The van der Waals surface area contributed by atoms with Crippen molar-refractivity contribution in [1.29, 1.82) is 0 Å². The Kier molecular flexibility index (Phi) is 6.09. The van der Waals surface area contributed by atoms with Crippen LogP contribution in [0, 0.1) is 19.3 Å². The van der Waals surface area contributed by atoms with E-state index < -0.39 is 34.8 Å². The van der Waals surface area contributed by atoms with Crippen LogP contribution in [-0.2, 0) is 23.7 Å². The van der Waals surface area contributed by atoms with E-state index in [0.717, 1.165) is 12.5 Å². The quantitative estimate of drug-likeness (QED) is 0.643. The van der Waals surface area contributed by atoms with Gasteiger partial charge in [0, 0.05) is 23.5 Å². The molecular weight excluding hydrogens is 421 g/mol. The van der Waals surface area contributed by atoms with Gasteiger partial charge in [-0.1, -0.05) is 0 Å². The molecule has 9 heteroatoms. The van der Waals surface area contributed by atoms with E-state index in [1.54, 1.807) is 20.8 Å². The predicted octanol–water partition coefficient (Wildman–Crippen LogP) is 5.08. The summed E-state index contributed by atoms with van der Waals surface area (Å²) in [6, 6.07) is 3.54. The number of hydrogen-bond donors (Lipinski definition) is 2. The minimum atomic E-state index is -3.84. The van der Waals surface area contributed by atoms with E-state index >= 15 is 8.78 Å². The Balaban J connectivity index is 2.05. The topological polar surface area (TPSA) is 67.5 Å². The van der Waals surface area contributed by atoms with Crippen molar-refractivity contribution in [2.45, 2.75) is 65.0 Å². The van der Waals surface area contributed by atoms with Crippen LogP contribution in [0.1, 0.15) is 60.9 Å². The first-order valence-electron chi connectivity index (χ1n) is 10.3. The Hall–Kier alpha value is -3.28. The van der Waals surface area contributed by atoms with Crippen LogP contribution >= 0.6 is 0 Å². The van der Waals surface area contributed by atoms with Crippen LogP contribution in [0.5, 0.6) is 0 Å². The Morgan fingerprint density at radius 2 is 1.88 bits per heavy atom. The summed E-state index contributed by atoms with van der Waals surface area (Å²) in [5.74, 6) is -6.63. The van der Waals surface area contributed by atoms with E-state index in [1.807, 2.05) is 0 Å². The van der Waals surface area contributed by atoms with E-state index in [2.05, 4.69) is 15.5 Å². The number of hydrogen-bond acceptors (Lipinski definition) is 2. The first-order chi connectivity index (χ1) is 14.9. The van der Waals surface area contributed by atoms with Gasteiger partial charge in [0.25, 0.3) is 11.8 Å². The van der Waals surface area contributed by atoms with E-state index in [1.165, 1.54) is 23.6 Å². The van der Waals surface area contributed by atoms with Crippen LogP contribution in [-0.4, -0.2) is 21.9 Å². The highest BCUT2D eigenvalue weighted by molar-refractivity contribution is 6.07. The molecule has 0 saturated heterocycles.